The van der Waals surface area contributed by atoms with E-state index in [0.717, 1.165) is 5.56 Å². The Labute approximate surface area is 174 Å². The van der Waals surface area contributed by atoms with Crippen molar-refractivity contribution in [3.8, 4) is 0 Å². The maximum Gasteiger partial charge on any atom is 0.253 e. The summed E-state index contributed by atoms with van der Waals surface area (Å²) in [7, 11) is -2.09. The monoisotopic (exact) mass is 442 g/mol. The van der Waals surface area contributed by atoms with Crippen molar-refractivity contribution in [1.82, 2.24) is 9.21 Å². The van der Waals surface area contributed by atoms with Gasteiger partial charge in [-0.3, -0.25) is 4.79 Å². The van der Waals surface area contributed by atoms with Crippen molar-refractivity contribution < 1.29 is 17.9 Å². The summed E-state index contributed by atoms with van der Waals surface area (Å²) in [5, 5.41) is 0.485. The van der Waals surface area contributed by atoms with Gasteiger partial charge in [0.25, 0.3) is 5.91 Å². The van der Waals surface area contributed by atoms with Crippen LogP contribution in [0.1, 0.15) is 15.9 Å². The van der Waals surface area contributed by atoms with E-state index in [9.17, 15) is 13.2 Å². The molecular formula is C19H20Cl2N2O4S. The molecule has 1 aliphatic rings. The maximum absolute atomic E-state index is 12.8. The van der Waals surface area contributed by atoms with Gasteiger partial charge in [-0.05, 0) is 35.9 Å². The molecular weight excluding hydrogens is 423 g/mol. The lowest BCUT2D eigenvalue weighted by Crippen LogP contribution is -2.50. The highest BCUT2D eigenvalue weighted by Gasteiger charge is 2.30. The van der Waals surface area contributed by atoms with E-state index in [1.54, 1.807) is 24.1 Å². The zero-order valence-corrected chi connectivity index (χ0v) is 17.6. The van der Waals surface area contributed by atoms with Crippen molar-refractivity contribution in [3.63, 3.8) is 0 Å². The van der Waals surface area contributed by atoms with E-state index in [1.807, 2.05) is 12.1 Å². The number of rotatable bonds is 5. The van der Waals surface area contributed by atoms with Crippen LogP contribution in [-0.4, -0.2) is 56.8 Å². The third-order valence-electron chi connectivity index (χ3n) is 4.54. The molecule has 0 N–H and O–H groups in total. The Kier molecular flexibility index (Phi) is 6.62. The highest BCUT2D eigenvalue weighted by Crippen LogP contribution is 2.27. The number of sulfonamides is 1. The molecule has 0 aliphatic carbocycles. The predicted molar refractivity (Wildman–Crippen MR) is 108 cm³/mol. The molecule has 0 saturated carbocycles. The van der Waals surface area contributed by atoms with Crippen LogP contribution in [0.3, 0.4) is 0 Å². The van der Waals surface area contributed by atoms with Gasteiger partial charge in [-0.2, -0.15) is 4.31 Å². The zero-order valence-electron chi connectivity index (χ0n) is 15.3. The number of ether oxygens (including phenoxy) is 1. The van der Waals surface area contributed by atoms with Crippen molar-refractivity contribution in [2.75, 3.05) is 33.3 Å². The molecule has 1 heterocycles. The summed E-state index contributed by atoms with van der Waals surface area (Å²) in [6.45, 7) is 1.48. The van der Waals surface area contributed by atoms with Crippen LogP contribution in [0.4, 0.5) is 0 Å². The molecule has 1 amide bonds. The van der Waals surface area contributed by atoms with E-state index in [2.05, 4.69) is 0 Å². The fourth-order valence-electron chi connectivity index (χ4n) is 3.06. The van der Waals surface area contributed by atoms with Gasteiger partial charge in [0.2, 0.25) is 10.0 Å². The Bertz CT molecular complexity index is 974. The van der Waals surface area contributed by atoms with Gasteiger partial charge in [0.1, 0.15) is 0 Å². The molecule has 1 fully saturated rings. The number of hydrogen-bond acceptors (Lipinski definition) is 4. The number of piperazine rings is 1. The minimum atomic E-state index is -3.69. The standard InChI is InChI=1S/C19H20Cl2N2O4S/c1-27-13-14-3-2-4-15(11-14)19(24)22-7-9-23(10-8-22)28(25,26)16-5-6-17(20)18(21)12-16/h2-6,11-12H,7-10,13H2,1H3. The molecule has 0 aromatic heterocycles. The number of hydrogen-bond donors (Lipinski definition) is 0. The number of benzene rings is 2. The zero-order chi connectivity index (χ0) is 20.3. The third-order valence-corrected chi connectivity index (χ3v) is 7.17. The fourth-order valence-corrected chi connectivity index (χ4v) is 4.87. The van der Waals surface area contributed by atoms with Crippen LogP contribution < -0.4 is 0 Å². The summed E-state index contributed by atoms with van der Waals surface area (Å²) in [4.78, 5) is 14.5. The number of carbonyl (C=O) groups excluding carboxylic acids is 1. The first kappa shape index (κ1) is 21.1. The van der Waals surface area contributed by atoms with E-state index in [1.165, 1.54) is 22.5 Å². The van der Waals surface area contributed by atoms with Crippen molar-refractivity contribution in [2.45, 2.75) is 11.5 Å². The van der Waals surface area contributed by atoms with Gasteiger partial charge in [0, 0.05) is 38.9 Å². The van der Waals surface area contributed by atoms with E-state index in [-0.39, 0.29) is 28.9 Å². The molecule has 150 valence electrons. The smallest absolute Gasteiger partial charge is 0.253 e. The predicted octanol–water partition coefficient (Wildman–Crippen LogP) is 3.29. The van der Waals surface area contributed by atoms with Crippen molar-refractivity contribution >= 4 is 39.1 Å². The van der Waals surface area contributed by atoms with Gasteiger partial charge < -0.3 is 9.64 Å². The number of nitrogens with zero attached hydrogens (tertiary/aromatic N) is 2. The number of amides is 1. The van der Waals surface area contributed by atoms with Crippen molar-refractivity contribution in [2.24, 2.45) is 0 Å². The summed E-state index contributed by atoms with van der Waals surface area (Å²) < 4.78 is 32.1. The molecule has 9 heteroatoms. The first-order valence-corrected chi connectivity index (χ1v) is 10.8. The Morgan fingerprint density at radius 3 is 2.39 bits per heavy atom. The summed E-state index contributed by atoms with van der Waals surface area (Å²) in [6, 6.07) is 11.5. The molecule has 3 rings (SSSR count). The van der Waals surface area contributed by atoms with Crippen LogP contribution in [-0.2, 0) is 21.4 Å². The lowest BCUT2D eigenvalue weighted by molar-refractivity contribution is 0.0697. The SMILES string of the molecule is COCc1cccc(C(=O)N2CCN(S(=O)(=O)c3ccc(Cl)c(Cl)c3)CC2)c1. The van der Waals surface area contributed by atoms with Crippen LogP contribution in [0.5, 0.6) is 0 Å². The van der Waals surface area contributed by atoms with Gasteiger partial charge in [-0.1, -0.05) is 35.3 Å². The largest absolute Gasteiger partial charge is 0.380 e. The van der Waals surface area contributed by atoms with Gasteiger partial charge in [-0.25, -0.2) is 8.42 Å². The van der Waals surface area contributed by atoms with Gasteiger partial charge in [-0.15, -0.1) is 0 Å². The highest BCUT2D eigenvalue weighted by atomic mass is 35.5. The molecule has 0 unspecified atom stereocenters. The molecule has 0 atom stereocenters. The Morgan fingerprint density at radius 1 is 1.04 bits per heavy atom. The molecule has 6 nitrogen and oxygen atoms in total. The number of methoxy groups -OCH3 is 1. The molecule has 2 aromatic carbocycles. The second-order valence-electron chi connectivity index (χ2n) is 6.41. The fraction of sp³-hybridized carbons (Fsp3) is 0.316. The second kappa shape index (κ2) is 8.80. The lowest BCUT2D eigenvalue weighted by atomic mass is 10.1. The maximum atomic E-state index is 12.8. The molecule has 1 aliphatic heterocycles. The normalized spacial score (nSPS) is 15.6. The molecule has 1 saturated heterocycles. The van der Waals surface area contributed by atoms with E-state index < -0.39 is 10.0 Å². The van der Waals surface area contributed by atoms with Gasteiger partial charge >= 0.3 is 0 Å². The average molecular weight is 443 g/mol. The quantitative estimate of drug-likeness (QED) is 0.712. The Morgan fingerprint density at radius 2 is 1.75 bits per heavy atom. The molecule has 0 radical (unpaired) electrons. The van der Waals surface area contributed by atoms with Crippen LogP contribution >= 0.6 is 23.2 Å². The molecule has 2 aromatic rings. The second-order valence-corrected chi connectivity index (χ2v) is 9.16. The average Bonchev–Trinajstić information content (AvgIpc) is 2.70. The van der Waals surface area contributed by atoms with E-state index in [4.69, 9.17) is 27.9 Å². The third kappa shape index (κ3) is 4.50. The first-order chi connectivity index (χ1) is 13.3. The summed E-state index contributed by atoms with van der Waals surface area (Å²) >= 11 is 11.8. The molecule has 0 spiro atoms. The Hall–Kier alpha value is -1.64. The summed E-state index contributed by atoms with van der Waals surface area (Å²) in [5.41, 5.74) is 1.48. The van der Waals surface area contributed by atoms with Crippen LogP contribution in [0.2, 0.25) is 10.0 Å². The van der Waals surface area contributed by atoms with E-state index in [0.29, 0.717) is 30.3 Å². The Balaban J connectivity index is 1.69. The van der Waals surface area contributed by atoms with Crippen molar-refractivity contribution in [1.29, 1.82) is 0 Å². The van der Waals surface area contributed by atoms with Gasteiger partial charge in [0.15, 0.2) is 0 Å². The van der Waals surface area contributed by atoms with Gasteiger partial charge in [0.05, 0.1) is 21.5 Å². The molecule has 28 heavy (non-hydrogen) atoms. The minimum absolute atomic E-state index is 0.0916. The topological polar surface area (TPSA) is 66.9 Å². The van der Waals surface area contributed by atoms with Crippen LogP contribution in [0, 0.1) is 0 Å². The number of halogens is 2. The van der Waals surface area contributed by atoms with Crippen molar-refractivity contribution in [3.05, 3.63) is 63.6 Å². The molecule has 0 bridgehead atoms. The first-order valence-electron chi connectivity index (χ1n) is 8.65. The van der Waals surface area contributed by atoms with E-state index >= 15 is 0 Å². The summed E-state index contributed by atoms with van der Waals surface area (Å²) in [6.07, 6.45) is 0. The van der Waals surface area contributed by atoms with Crippen LogP contribution in [0.15, 0.2) is 47.4 Å². The summed E-state index contributed by atoms with van der Waals surface area (Å²) in [5.74, 6) is -0.121. The lowest BCUT2D eigenvalue weighted by Gasteiger charge is -2.34. The van der Waals surface area contributed by atoms with Crippen LogP contribution in [0.25, 0.3) is 0 Å². The highest BCUT2D eigenvalue weighted by molar-refractivity contribution is 7.89. The number of carbonyl (C=O) groups is 1. The minimum Gasteiger partial charge on any atom is -0.380 e.